The van der Waals surface area contributed by atoms with Crippen LogP contribution in [0.4, 0.5) is 11.4 Å². The summed E-state index contributed by atoms with van der Waals surface area (Å²) in [5, 5.41) is 3.54. The van der Waals surface area contributed by atoms with Gasteiger partial charge in [-0.2, -0.15) is 0 Å². The van der Waals surface area contributed by atoms with E-state index in [0.717, 1.165) is 40.2 Å². The quantitative estimate of drug-likeness (QED) is 0.746. The smallest absolute Gasteiger partial charge is 0.325 e. The van der Waals surface area contributed by atoms with Crippen molar-refractivity contribution >= 4 is 23.1 Å². The standard InChI is InChI=1S/C25H28N2O3/c1-16-9-11-17(12-10-16)24-23-19(13-25(2,3)14-21(23)28)26-18-7-5-6-8-20(18)27(24)15-22(29)30-4/h5-12,24,26H,13-15H2,1-4H3. The van der Waals surface area contributed by atoms with Gasteiger partial charge in [-0.05, 0) is 36.5 Å². The van der Waals surface area contributed by atoms with Gasteiger partial charge in [0, 0.05) is 17.7 Å². The first kappa shape index (κ1) is 20.2. The van der Waals surface area contributed by atoms with Crippen LogP contribution in [0.3, 0.4) is 0 Å². The summed E-state index contributed by atoms with van der Waals surface area (Å²) in [4.78, 5) is 27.8. The van der Waals surface area contributed by atoms with Crippen LogP contribution in [0.1, 0.15) is 43.9 Å². The summed E-state index contributed by atoms with van der Waals surface area (Å²) in [7, 11) is 1.39. The summed E-state index contributed by atoms with van der Waals surface area (Å²) < 4.78 is 5.01. The Morgan fingerprint density at radius 3 is 2.53 bits per heavy atom. The number of rotatable bonds is 3. The number of ether oxygens (including phenoxy) is 1. The van der Waals surface area contributed by atoms with Gasteiger partial charge in [-0.15, -0.1) is 0 Å². The minimum Gasteiger partial charge on any atom is -0.468 e. The molecule has 2 aromatic carbocycles. The van der Waals surface area contributed by atoms with E-state index in [1.54, 1.807) is 0 Å². The number of carbonyl (C=O) groups excluding carboxylic acids is 2. The van der Waals surface area contributed by atoms with Crippen LogP contribution < -0.4 is 10.2 Å². The normalized spacial score (nSPS) is 20.1. The number of Topliss-reactive ketones (excluding diaryl/α,β-unsaturated/α-hetero) is 1. The zero-order valence-electron chi connectivity index (χ0n) is 18.0. The van der Waals surface area contributed by atoms with Crippen molar-refractivity contribution in [1.29, 1.82) is 0 Å². The summed E-state index contributed by atoms with van der Waals surface area (Å²) in [6, 6.07) is 15.7. The maximum absolute atomic E-state index is 13.5. The molecule has 1 N–H and O–H groups in total. The molecule has 1 heterocycles. The fourth-order valence-corrected chi connectivity index (χ4v) is 4.53. The molecule has 0 amide bonds. The number of methoxy groups -OCH3 is 1. The molecule has 1 atom stereocenters. The Labute approximate surface area is 177 Å². The van der Waals surface area contributed by atoms with E-state index in [9.17, 15) is 9.59 Å². The van der Waals surface area contributed by atoms with Crippen molar-refractivity contribution in [3.63, 3.8) is 0 Å². The van der Waals surface area contributed by atoms with Gasteiger partial charge < -0.3 is 15.0 Å². The van der Waals surface area contributed by atoms with E-state index in [1.807, 2.05) is 48.2 Å². The van der Waals surface area contributed by atoms with Crippen molar-refractivity contribution in [1.82, 2.24) is 0 Å². The van der Waals surface area contributed by atoms with Crippen LogP contribution in [-0.4, -0.2) is 25.4 Å². The van der Waals surface area contributed by atoms with Gasteiger partial charge in [0.25, 0.3) is 0 Å². The second-order valence-corrected chi connectivity index (χ2v) is 8.99. The molecule has 0 saturated heterocycles. The molecule has 0 spiro atoms. The van der Waals surface area contributed by atoms with Gasteiger partial charge in [-0.25, -0.2) is 0 Å². The van der Waals surface area contributed by atoms with Crippen molar-refractivity contribution in [2.24, 2.45) is 5.41 Å². The molecule has 5 nitrogen and oxygen atoms in total. The van der Waals surface area contributed by atoms with E-state index in [2.05, 4.69) is 31.3 Å². The average Bonchev–Trinajstić information content (AvgIpc) is 2.82. The van der Waals surface area contributed by atoms with Crippen LogP contribution in [0.2, 0.25) is 0 Å². The molecule has 0 saturated carbocycles. The summed E-state index contributed by atoms with van der Waals surface area (Å²) in [5.41, 5.74) is 5.49. The number of aryl methyl sites for hydroxylation is 1. The number of nitrogens with zero attached hydrogens (tertiary/aromatic N) is 1. The van der Waals surface area contributed by atoms with Crippen molar-refractivity contribution < 1.29 is 14.3 Å². The summed E-state index contributed by atoms with van der Waals surface area (Å²) in [5.74, 6) is -0.212. The van der Waals surface area contributed by atoms with E-state index in [-0.39, 0.29) is 29.8 Å². The lowest BCUT2D eigenvalue weighted by atomic mass is 9.73. The number of hydrogen-bond acceptors (Lipinski definition) is 5. The van der Waals surface area contributed by atoms with Crippen LogP contribution in [0.25, 0.3) is 0 Å². The van der Waals surface area contributed by atoms with Crippen molar-refractivity contribution in [3.8, 4) is 0 Å². The van der Waals surface area contributed by atoms with E-state index in [0.29, 0.717) is 6.42 Å². The molecule has 0 fully saturated rings. The fourth-order valence-electron chi connectivity index (χ4n) is 4.53. The number of fused-ring (bicyclic) bond motifs is 1. The van der Waals surface area contributed by atoms with Gasteiger partial charge >= 0.3 is 5.97 Å². The van der Waals surface area contributed by atoms with Crippen LogP contribution >= 0.6 is 0 Å². The number of carbonyl (C=O) groups is 2. The molecule has 156 valence electrons. The third-order valence-corrected chi connectivity index (χ3v) is 5.92. The summed E-state index contributed by atoms with van der Waals surface area (Å²) >= 11 is 0. The van der Waals surface area contributed by atoms with Gasteiger partial charge in [0.05, 0.1) is 24.5 Å². The first-order chi connectivity index (χ1) is 14.3. The Bertz CT molecular complexity index is 1020. The molecule has 30 heavy (non-hydrogen) atoms. The maximum atomic E-state index is 13.5. The molecule has 1 aliphatic heterocycles. The number of esters is 1. The monoisotopic (exact) mass is 404 g/mol. The number of anilines is 2. The van der Waals surface area contributed by atoms with Gasteiger partial charge in [-0.1, -0.05) is 55.8 Å². The van der Waals surface area contributed by atoms with Crippen LogP contribution in [0.5, 0.6) is 0 Å². The SMILES string of the molecule is COC(=O)CN1c2ccccc2NC2=C(C(=O)CC(C)(C)C2)C1c1ccc(C)cc1. The lowest BCUT2D eigenvalue weighted by Crippen LogP contribution is -2.39. The highest BCUT2D eigenvalue weighted by molar-refractivity contribution is 6.01. The molecule has 0 aromatic heterocycles. The predicted octanol–water partition coefficient (Wildman–Crippen LogP) is 4.78. The first-order valence-corrected chi connectivity index (χ1v) is 10.3. The van der Waals surface area contributed by atoms with E-state index >= 15 is 0 Å². The lowest BCUT2D eigenvalue weighted by molar-refractivity contribution is -0.139. The van der Waals surface area contributed by atoms with Crippen LogP contribution in [-0.2, 0) is 14.3 Å². The molecule has 0 bridgehead atoms. The zero-order valence-corrected chi connectivity index (χ0v) is 18.0. The third-order valence-electron chi connectivity index (χ3n) is 5.92. The number of hydrogen-bond donors (Lipinski definition) is 1. The highest BCUT2D eigenvalue weighted by atomic mass is 16.5. The van der Waals surface area contributed by atoms with Crippen LogP contribution in [0, 0.1) is 12.3 Å². The number of ketones is 1. The van der Waals surface area contributed by atoms with Crippen LogP contribution in [0.15, 0.2) is 59.8 Å². The first-order valence-electron chi connectivity index (χ1n) is 10.3. The van der Waals surface area contributed by atoms with Gasteiger partial charge in [0.2, 0.25) is 0 Å². The number of benzene rings is 2. The minimum atomic E-state index is -0.362. The number of nitrogens with one attached hydrogen (secondary N) is 1. The van der Waals surface area contributed by atoms with Crippen molar-refractivity contribution in [2.45, 2.75) is 39.7 Å². The Balaban J connectivity index is 1.96. The fraction of sp³-hybridized carbons (Fsp3) is 0.360. The minimum absolute atomic E-state index is 0.0567. The van der Waals surface area contributed by atoms with Gasteiger partial charge in [0.1, 0.15) is 6.54 Å². The Morgan fingerprint density at radius 2 is 1.83 bits per heavy atom. The van der Waals surface area contributed by atoms with Crippen molar-refractivity contribution in [2.75, 3.05) is 23.9 Å². The highest BCUT2D eigenvalue weighted by Gasteiger charge is 2.41. The predicted molar refractivity (Wildman–Crippen MR) is 118 cm³/mol. The largest absolute Gasteiger partial charge is 0.468 e. The van der Waals surface area contributed by atoms with Gasteiger partial charge in [-0.3, -0.25) is 9.59 Å². The van der Waals surface area contributed by atoms with Crippen molar-refractivity contribution in [3.05, 3.63) is 70.9 Å². The second kappa shape index (κ2) is 7.63. The number of para-hydroxylation sites is 2. The highest BCUT2D eigenvalue weighted by Crippen LogP contribution is 2.48. The average molecular weight is 405 g/mol. The third kappa shape index (κ3) is 3.72. The Kier molecular flexibility index (Phi) is 5.14. The Hall–Kier alpha value is -3.08. The topological polar surface area (TPSA) is 58.6 Å². The van der Waals surface area contributed by atoms with E-state index in [4.69, 9.17) is 4.74 Å². The molecule has 0 radical (unpaired) electrons. The molecule has 4 rings (SSSR count). The summed E-state index contributed by atoms with van der Waals surface area (Å²) in [6.45, 7) is 6.35. The zero-order chi connectivity index (χ0) is 21.5. The maximum Gasteiger partial charge on any atom is 0.325 e. The summed E-state index contributed by atoms with van der Waals surface area (Å²) in [6.07, 6.45) is 1.26. The van der Waals surface area contributed by atoms with E-state index < -0.39 is 0 Å². The van der Waals surface area contributed by atoms with E-state index in [1.165, 1.54) is 7.11 Å². The molecule has 2 aromatic rings. The second-order valence-electron chi connectivity index (χ2n) is 8.99. The number of allylic oxidation sites excluding steroid dienone is 1. The lowest BCUT2D eigenvalue weighted by Gasteiger charge is -2.37. The molecule has 2 aliphatic rings. The molecular weight excluding hydrogens is 376 g/mol. The molecule has 5 heteroatoms. The molecule has 1 unspecified atom stereocenters. The van der Waals surface area contributed by atoms with Gasteiger partial charge in [0.15, 0.2) is 5.78 Å². The Morgan fingerprint density at radius 1 is 1.13 bits per heavy atom. The molecule has 1 aliphatic carbocycles. The molecular formula is C25H28N2O3.